The summed E-state index contributed by atoms with van der Waals surface area (Å²) in [6.07, 6.45) is 0. The Morgan fingerprint density at radius 1 is 0.688 bits per heavy atom. The van der Waals surface area contributed by atoms with Gasteiger partial charge >= 0.3 is 0 Å². The van der Waals surface area contributed by atoms with Crippen molar-refractivity contribution in [2.24, 2.45) is 0 Å². The van der Waals surface area contributed by atoms with Crippen LogP contribution in [0, 0.1) is 0 Å². The molecular formula is C27H27N3O2. The molecular weight excluding hydrogens is 398 g/mol. The van der Waals surface area contributed by atoms with Gasteiger partial charge in [-0.1, -0.05) is 48.5 Å². The molecule has 0 spiro atoms. The number of hydrogen-bond donors (Lipinski definition) is 0. The Hall–Kier alpha value is -3.86. The van der Waals surface area contributed by atoms with E-state index in [4.69, 9.17) is 0 Å². The Morgan fingerprint density at radius 2 is 1.25 bits per heavy atom. The normalized spacial score (nSPS) is 13.7. The van der Waals surface area contributed by atoms with Crippen LogP contribution < -0.4 is 14.7 Å². The number of hydrogen-bond acceptors (Lipinski definition) is 4. The fraction of sp³-hybridized carbons (Fsp3) is 0.185. The van der Waals surface area contributed by atoms with Crippen molar-refractivity contribution in [2.75, 3.05) is 34.8 Å². The molecule has 0 atom stereocenters. The van der Waals surface area contributed by atoms with Crippen molar-refractivity contribution in [3.8, 4) is 0 Å². The molecule has 0 bridgehead atoms. The largest absolute Gasteiger partial charge is 0.372 e. The molecule has 3 aromatic carbocycles. The molecule has 1 aliphatic heterocycles. The Morgan fingerprint density at radius 3 is 1.81 bits per heavy atom. The van der Waals surface area contributed by atoms with Crippen molar-refractivity contribution in [2.45, 2.75) is 13.8 Å². The standard InChI is InChI=1S/C27H27N3O2/c1-4-29(5-2)22-16-18-23(19-17-22)30-26(31)24(20-12-8-6-9-13-20)25(27(30)32)28(3)21-14-10-7-11-15-21/h6-19H,4-5H2,1-3H3. The van der Waals surface area contributed by atoms with Crippen molar-refractivity contribution >= 4 is 34.4 Å². The maximum absolute atomic E-state index is 13.6. The summed E-state index contributed by atoms with van der Waals surface area (Å²) in [5.74, 6) is -0.634. The summed E-state index contributed by atoms with van der Waals surface area (Å²) < 4.78 is 0. The van der Waals surface area contributed by atoms with Gasteiger partial charge in [0.2, 0.25) is 0 Å². The van der Waals surface area contributed by atoms with Crippen LogP contribution in [0.1, 0.15) is 19.4 Å². The molecule has 162 valence electrons. The van der Waals surface area contributed by atoms with Crippen LogP contribution in [-0.2, 0) is 9.59 Å². The summed E-state index contributed by atoms with van der Waals surface area (Å²) in [4.78, 5) is 32.5. The van der Waals surface area contributed by atoms with Gasteiger partial charge < -0.3 is 9.80 Å². The molecule has 0 unspecified atom stereocenters. The van der Waals surface area contributed by atoms with E-state index in [2.05, 4.69) is 18.7 Å². The molecule has 0 aromatic heterocycles. The lowest BCUT2D eigenvalue weighted by Gasteiger charge is -2.23. The van der Waals surface area contributed by atoms with Gasteiger partial charge in [-0.15, -0.1) is 0 Å². The molecule has 32 heavy (non-hydrogen) atoms. The minimum Gasteiger partial charge on any atom is -0.372 e. The van der Waals surface area contributed by atoms with Crippen LogP contribution in [-0.4, -0.2) is 32.0 Å². The van der Waals surface area contributed by atoms with Crippen LogP contribution in [0.5, 0.6) is 0 Å². The second-order valence-corrected chi connectivity index (χ2v) is 7.62. The zero-order valence-corrected chi connectivity index (χ0v) is 18.7. The molecule has 0 fully saturated rings. The second kappa shape index (κ2) is 9.10. The maximum atomic E-state index is 13.6. The van der Waals surface area contributed by atoms with E-state index in [1.165, 1.54) is 4.90 Å². The Labute approximate surface area is 189 Å². The highest BCUT2D eigenvalue weighted by Crippen LogP contribution is 2.36. The van der Waals surface area contributed by atoms with Crippen molar-refractivity contribution in [3.05, 3.63) is 96.2 Å². The van der Waals surface area contributed by atoms with E-state index >= 15 is 0 Å². The molecule has 4 rings (SSSR count). The molecule has 2 amide bonds. The molecule has 1 heterocycles. The topological polar surface area (TPSA) is 43.9 Å². The summed E-state index contributed by atoms with van der Waals surface area (Å²) in [5, 5.41) is 0. The number of nitrogens with zero attached hydrogens (tertiary/aromatic N) is 3. The van der Waals surface area contributed by atoms with Crippen molar-refractivity contribution < 1.29 is 9.59 Å². The van der Waals surface area contributed by atoms with E-state index < -0.39 is 0 Å². The smallest absolute Gasteiger partial charge is 0.282 e. The summed E-state index contributed by atoms with van der Waals surface area (Å²) in [5.41, 5.74) is 3.99. The predicted molar refractivity (Wildman–Crippen MR) is 131 cm³/mol. The summed E-state index contributed by atoms with van der Waals surface area (Å²) in [7, 11) is 1.83. The van der Waals surface area contributed by atoms with Crippen molar-refractivity contribution in [3.63, 3.8) is 0 Å². The van der Waals surface area contributed by atoms with E-state index in [1.807, 2.05) is 92.0 Å². The molecule has 0 saturated heterocycles. The van der Waals surface area contributed by atoms with Gasteiger partial charge in [0.25, 0.3) is 11.8 Å². The summed E-state index contributed by atoms with van der Waals surface area (Å²) >= 11 is 0. The van der Waals surface area contributed by atoms with Gasteiger partial charge in [0.1, 0.15) is 5.70 Å². The lowest BCUT2D eigenvalue weighted by molar-refractivity contribution is -0.120. The molecule has 0 saturated carbocycles. The van der Waals surface area contributed by atoms with E-state index in [1.54, 1.807) is 4.90 Å². The van der Waals surface area contributed by atoms with E-state index in [9.17, 15) is 9.59 Å². The third-order valence-corrected chi connectivity index (χ3v) is 5.84. The van der Waals surface area contributed by atoms with E-state index in [0.717, 1.165) is 30.0 Å². The molecule has 0 radical (unpaired) electrons. The fourth-order valence-electron chi connectivity index (χ4n) is 4.11. The average Bonchev–Trinajstić information content (AvgIpc) is 3.11. The molecule has 0 aliphatic carbocycles. The lowest BCUT2D eigenvalue weighted by Crippen LogP contribution is -2.34. The first-order valence-electron chi connectivity index (χ1n) is 10.9. The number of para-hydroxylation sites is 1. The summed E-state index contributed by atoms with van der Waals surface area (Å²) in [6.45, 7) is 5.99. The molecule has 0 N–H and O–H groups in total. The van der Waals surface area contributed by atoms with Gasteiger partial charge in [-0.3, -0.25) is 9.59 Å². The van der Waals surface area contributed by atoms with Gasteiger partial charge in [0.05, 0.1) is 11.3 Å². The zero-order chi connectivity index (χ0) is 22.7. The highest BCUT2D eigenvalue weighted by Gasteiger charge is 2.42. The number of benzene rings is 3. The Kier molecular flexibility index (Phi) is 6.08. The van der Waals surface area contributed by atoms with Crippen LogP contribution >= 0.6 is 0 Å². The van der Waals surface area contributed by atoms with Crippen LogP contribution in [0.2, 0.25) is 0 Å². The zero-order valence-electron chi connectivity index (χ0n) is 18.7. The van der Waals surface area contributed by atoms with Crippen LogP contribution in [0.3, 0.4) is 0 Å². The van der Waals surface area contributed by atoms with E-state index in [0.29, 0.717) is 17.0 Å². The van der Waals surface area contributed by atoms with Crippen LogP contribution in [0.25, 0.3) is 5.57 Å². The molecule has 3 aromatic rings. The third kappa shape index (κ3) is 3.78. The first kappa shape index (κ1) is 21.4. The molecule has 5 heteroatoms. The van der Waals surface area contributed by atoms with Crippen molar-refractivity contribution in [1.82, 2.24) is 0 Å². The highest BCUT2D eigenvalue weighted by atomic mass is 16.2. The Balaban J connectivity index is 1.77. The Bertz CT molecular complexity index is 1130. The minimum atomic E-state index is -0.323. The fourth-order valence-corrected chi connectivity index (χ4v) is 4.11. The van der Waals surface area contributed by atoms with Crippen LogP contribution in [0.4, 0.5) is 17.1 Å². The molecule has 5 nitrogen and oxygen atoms in total. The van der Waals surface area contributed by atoms with Gasteiger partial charge in [0.15, 0.2) is 0 Å². The van der Waals surface area contributed by atoms with Gasteiger partial charge in [-0.25, -0.2) is 4.90 Å². The highest BCUT2D eigenvalue weighted by molar-refractivity contribution is 6.46. The third-order valence-electron chi connectivity index (χ3n) is 5.84. The number of carbonyl (C=O) groups excluding carboxylic acids is 2. The number of carbonyl (C=O) groups is 2. The number of rotatable bonds is 7. The number of anilines is 3. The first-order chi connectivity index (χ1) is 15.6. The quantitative estimate of drug-likeness (QED) is 0.502. The number of likely N-dealkylation sites (N-methyl/N-ethyl adjacent to an activating group) is 1. The van der Waals surface area contributed by atoms with Crippen molar-refractivity contribution in [1.29, 1.82) is 0 Å². The van der Waals surface area contributed by atoms with Gasteiger partial charge in [-0.2, -0.15) is 0 Å². The lowest BCUT2D eigenvalue weighted by atomic mass is 10.0. The monoisotopic (exact) mass is 425 g/mol. The van der Waals surface area contributed by atoms with Gasteiger partial charge in [-0.05, 0) is 55.8 Å². The number of amides is 2. The first-order valence-corrected chi connectivity index (χ1v) is 10.9. The minimum absolute atomic E-state index is 0.311. The van der Waals surface area contributed by atoms with Gasteiger partial charge in [0, 0.05) is 31.5 Å². The SMILES string of the molecule is CCN(CC)c1ccc(N2C(=O)C(c3ccccc3)=C(N(C)c3ccccc3)C2=O)cc1. The number of imide groups is 1. The predicted octanol–water partition coefficient (Wildman–Crippen LogP) is 4.95. The maximum Gasteiger partial charge on any atom is 0.282 e. The second-order valence-electron chi connectivity index (χ2n) is 7.62. The van der Waals surface area contributed by atoms with Crippen LogP contribution in [0.15, 0.2) is 90.6 Å². The average molecular weight is 426 g/mol. The van der Waals surface area contributed by atoms with E-state index in [-0.39, 0.29) is 11.8 Å². The molecule has 1 aliphatic rings. The summed E-state index contributed by atoms with van der Waals surface area (Å²) in [6, 6.07) is 26.6.